The highest BCUT2D eigenvalue weighted by molar-refractivity contribution is 6.04. The molecule has 0 radical (unpaired) electrons. The normalized spacial score (nSPS) is 10.5. The first-order chi connectivity index (χ1) is 12.8. The smallest absolute Gasteiger partial charge is 0.255 e. The Bertz CT molecular complexity index is 1040. The lowest BCUT2D eigenvalue weighted by molar-refractivity contribution is 0.102. The predicted octanol–water partition coefficient (Wildman–Crippen LogP) is 4.63. The van der Waals surface area contributed by atoms with E-state index in [1.54, 1.807) is 24.5 Å². The molecule has 5 heteroatoms. The zero-order chi connectivity index (χ0) is 17.8. The number of amides is 1. The first-order valence-corrected chi connectivity index (χ1v) is 8.23. The van der Waals surface area contributed by atoms with Crippen molar-refractivity contribution in [1.29, 1.82) is 0 Å². The Morgan fingerprint density at radius 3 is 2.46 bits per heavy atom. The van der Waals surface area contributed by atoms with Crippen molar-refractivity contribution in [1.82, 2.24) is 9.97 Å². The average molecular weight is 340 g/mol. The van der Waals surface area contributed by atoms with Crippen LogP contribution in [0.4, 0.5) is 17.2 Å². The molecule has 26 heavy (non-hydrogen) atoms. The first-order valence-electron chi connectivity index (χ1n) is 8.23. The van der Waals surface area contributed by atoms with E-state index in [1.807, 2.05) is 60.7 Å². The summed E-state index contributed by atoms with van der Waals surface area (Å²) in [6.45, 7) is 0. The molecule has 126 valence electrons. The summed E-state index contributed by atoms with van der Waals surface area (Å²) in [4.78, 5) is 21.0. The fourth-order valence-corrected chi connectivity index (χ4v) is 2.68. The number of hydrogen-bond acceptors (Lipinski definition) is 4. The van der Waals surface area contributed by atoms with E-state index in [1.165, 1.54) is 0 Å². The summed E-state index contributed by atoms with van der Waals surface area (Å²) in [5.41, 5.74) is 3.02. The molecule has 0 aliphatic carbocycles. The van der Waals surface area contributed by atoms with Crippen molar-refractivity contribution in [3.63, 3.8) is 0 Å². The zero-order valence-electron chi connectivity index (χ0n) is 13.9. The van der Waals surface area contributed by atoms with Crippen molar-refractivity contribution < 1.29 is 4.79 Å². The molecular formula is C21H16N4O. The Morgan fingerprint density at radius 1 is 0.808 bits per heavy atom. The van der Waals surface area contributed by atoms with Gasteiger partial charge < -0.3 is 10.6 Å². The molecule has 2 N–H and O–H groups in total. The minimum absolute atomic E-state index is 0.161. The number of hydrogen-bond donors (Lipinski definition) is 2. The minimum atomic E-state index is -0.161. The number of nitrogens with zero attached hydrogens (tertiary/aromatic N) is 2. The molecule has 2 aromatic heterocycles. The Hall–Kier alpha value is -3.73. The number of para-hydroxylation sites is 1. The Balaban J connectivity index is 1.50. The molecule has 0 bridgehead atoms. The monoisotopic (exact) mass is 340 g/mol. The number of carbonyl (C=O) groups is 1. The lowest BCUT2D eigenvalue weighted by Gasteiger charge is -2.09. The van der Waals surface area contributed by atoms with Crippen molar-refractivity contribution in [2.24, 2.45) is 0 Å². The number of aromatic nitrogens is 2. The van der Waals surface area contributed by atoms with Gasteiger partial charge in [-0.3, -0.25) is 9.78 Å². The largest absolute Gasteiger partial charge is 0.338 e. The third-order valence-corrected chi connectivity index (χ3v) is 3.95. The summed E-state index contributed by atoms with van der Waals surface area (Å²) in [7, 11) is 0. The van der Waals surface area contributed by atoms with Gasteiger partial charge in [0.05, 0.1) is 23.1 Å². The van der Waals surface area contributed by atoms with Crippen LogP contribution < -0.4 is 10.6 Å². The number of anilines is 3. The first kappa shape index (κ1) is 15.8. The van der Waals surface area contributed by atoms with Gasteiger partial charge in [-0.2, -0.15) is 0 Å². The summed E-state index contributed by atoms with van der Waals surface area (Å²) in [5.74, 6) is 0.521. The Morgan fingerprint density at radius 2 is 1.65 bits per heavy atom. The molecule has 0 saturated carbocycles. The van der Waals surface area contributed by atoms with E-state index in [-0.39, 0.29) is 5.91 Å². The van der Waals surface area contributed by atoms with E-state index in [2.05, 4.69) is 20.6 Å². The highest BCUT2D eigenvalue weighted by atomic mass is 16.1. The third kappa shape index (κ3) is 3.37. The van der Waals surface area contributed by atoms with Gasteiger partial charge in [-0.25, -0.2) is 4.98 Å². The van der Waals surface area contributed by atoms with E-state index >= 15 is 0 Å². The number of benzene rings is 2. The number of pyridine rings is 2. The summed E-state index contributed by atoms with van der Waals surface area (Å²) in [6, 6.07) is 22.6. The quantitative estimate of drug-likeness (QED) is 0.568. The van der Waals surface area contributed by atoms with Gasteiger partial charge >= 0.3 is 0 Å². The molecule has 1 amide bonds. The van der Waals surface area contributed by atoms with Crippen LogP contribution in [-0.4, -0.2) is 15.9 Å². The Kier molecular flexibility index (Phi) is 4.26. The molecule has 0 unspecified atom stereocenters. The number of fused-ring (bicyclic) bond motifs is 1. The predicted molar refractivity (Wildman–Crippen MR) is 104 cm³/mol. The lowest BCUT2D eigenvalue weighted by atomic mass is 10.2. The second kappa shape index (κ2) is 7.03. The summed E-state index contributed by atoms with van der Waals surface area (Å²) >= 11 is 0. The lowest BCUT2D eigenvalue weighted by Crippen LogP contribution is -2.11. The molecule has 0 atom stereocenters. The van der Waals surface area contributed by atoms with E-state index in [0.717, 1.165) is 16.6 Å². The van der Waals surface area contributed by atoms with E-state index in [0.29, 0.717) is 17.1 Å². The molecule has 0 aliphatic heterocycles. The Labute approximate surface area is 150 Å². The molecule has 2 aromatic carbocycles. The summed E-state index contributed by atoms with van der Waals surface area (Å²) in [5, 5.41) is 7.17. The molecule has 4 aromatic rings. The van der Waals surface area contributed by atoms with Crippen LogP contribution in [0.1, 0.15) is 10.4 Å². The van der Waals surface area contributed by atoms with Crippen molar-refractivity contribution in [3.8, 4) is 0 Å². The van der Waals surface area contributed by atoms with Gasteiger partial charge in [0.25, 0.3) is 5.91 Å². The van der Waals surface area contributed by atoms with Gasteiger partial charge in [0.1, 0.15) is 5.82 Å². The molecule has 0 spiro atoms. The number of carbonyl (C=O) groups excluding carboxylic acids is 1. The third-order valence-electron chi connectivity index (χ3n) is 3.95. The van der Waals surface area contributed by atoms with E-state index in [9.17, 15) is 4.79 Å². The second-order valence-electron chi connectivity index (χ2n) is 5.76. The highest BCUT2D eigenvalue weighted by Gasteiger charge is 2.06. The number of rotatable bonds is 4. The molecule has 2 heterocycles. The topological polar surface area (TPSA) is 66.9 Å². The van der Waals surface area contributed by atoms with Crippen LogP contribution in [0, 0.1) is 0 Å². The van der Waals surface area contributed by atoms with Crippen molar-refractivity contribution >= 4 is 34.0 Å². The standard InChI is InChI=1S/C21H16N4O/c26-21(16-6-2-1-3-7-16)24-17-11-12-19(23-14-17)25-18-10-4-8-15-9-5-13-22-20(15)18/h1-14H,(H,23,25)(H,24,26). The van der Waals surface area contributed by atoms with Gasteiger partial charge in [0.2, 0.25) is 0 Å². The summed E-state index contributed by atoms with van der Waals surface area (Å²) in [6.07, 6.45) is 3.39. The molecule has 0 saturated heterocycles. The zero-order valence-corrected chi connectivity index (χ0v) is 13.9. The summed E-state index contributed by atoms with van der Waals surface area (Å²) < 4.78 is 0. The van der Waals surface area contributed by atoms with Crippen LogP contribution in [0.3, 0.4) is 0 Å². The van der Waals surface area contributed by atoms with Crippen LogP contribution in [-0.2, 0) is 0 Å². The van der Waals surface area contributed by atoms with Crippen LogP contribution in [0.15, 0.2) is 85.2 Å². The molecular weight excluding hydrogens is 324 g/mol. The van der Waals surface area contributed by atoms with E-state index < -0.39 is 0 Å². The van der Waals surface area contributed by atoms with Crippen LogP contribution in [0.5, 0.6) is 0 Å². The maximum atomic E-state index is 12.2. The van der Waals surface area contributed by atoms with Crippen molar-refractivity contribution in [2.75, 3.05) is 10.6 Å². The maximum absolute atomic E-state index is 12.2. The van der Waals surface area contributed by atoms with E-state index in [4.69, 9.17) is 0 Å². The molecule has 0 aliphatic rings. The second-order valence-corrected chi connectivity index (χ2v) is 5.76. The van der Waals surface area contributed by atoms with Crippen LogP contribution in [0.2, 0.25) is 0 Å². The molecule has 0 fully saturated rings. The fourth-order valence-electron chi connectivity index (χ4n) is 2.68. The minimum Gasteiger partial charge on any atom is -0.338 e. The van der Waals surface area contributed by atoms with Crippen molar-refractivity contribution in [3.05, 3.63) is 90.8 Å². The maximum Gasteiger partial charge on any atom is 0.255 e. The average Bonchev–Trinajstić information content (AvgIpc) is 2.70. The number of nitrogens with one attached hydrogen (secondary N) is 2. The fraction of sp³-hybridized carbons (Fsp3) is 0. The van der Waals surface area contributed by atoms with Gasteiger partial charge in [-0.05, 0) is 36.4 Å². The van der Waals surface area contributed by atoms with Gasteiger partial charge in [0, 0.05) is 17.1 Å². The van der Waals surface area contributed by atoms with Gasteiger partial charge in [-0.1, -0.05) is 36.4 Å². The van der Waals surface area contributed by atoms with Gasteiger partial charge in [-0.15, -0.1) is 0 Å². The SMILES string of the molecule is O=C(Nc1ccc(Nc2cccc3cccnc23)nc1)c1ccccc1. The van der Waals surface area contributed by atoms with Gasteiger partial charge in [0.15, 0.2) is 0 Å². The van der Waals surface area contributed by atoms with Crippen LogP contribution >= 0.6 is 0 Å². The molecule has 4 rings (SSSR count). The highest BCUT2D eigenvalue weighted by Crippen LogP contribution is 2.24. The van der Waals surface area contributed by atoms with Crippen LogP contribution in [0.25, 0.3) is 10.9 Å². The van der Waals surface area contributed by atoms with Crippen molar-refractivity contribution in [2.45, 2.75) is 0 Å². The molecule has 5 nitrogen and oxygen atoms in total.